The number of carbonyl (C=O) groups excluding carboxylic acids is 1. The topological polar surface area (TPSA) is 73.3 Å². The molecule has 1 aliphatic rings. The molecule has 8 heteroatoms. The first kappa shape index (κ1) is 14.9. The molecule has 0 bridgehead atoms. The van der Waals surface area contributed by atoms with Crippen molar-refractivity contribution in [2.45, 2.75) is 10.4 Å². The quantitative estimate of drug-likeness (QED) is 0.514. The number of ether oxygens (including phenoxy) is 2. The number of carbonyl (C=O) groups is 1. The van der Waals surface area contributed by atoms with E-state index < -0.39 is 6.10 Å². The fraction of sp³-hybridized carbons (Fsp3) is 0.214. The molecule has 1 unspecified atom stereocenters. The molecule has 0 fully saturated rings. The van der Waals surface area contributed by atoms with Crippen LogP contribution in [0.5, 0.6) is 11.5 Å². The van der Waals surface area contributed by atoms with E-state index in [2.05, 4.69) is 22.1 Å². The lowest BCUT2D eigenvalue weighted by atomic mass is 10.2. The molecule has 1 aliphatic heterocycles. The second-order valence-electron chi connectivity index (χ2n) is 4.33. The summed E-state index contributed by atoms with van der Waals surface area (Å²) in [5, 5.41) is 11.1. The molecule has 1 atom stereocenters. The van der Waals surface area contributed by atoms with Crippen molar-refractivity contribution >= 4 is 34.1 Å². The van der Waals surface area contributed by atoms with E-state index in [1.165, 1.54) is 23.1 Å². The lowest BCUT2D eigenvalue weighted by Gasteiger charge is -2.25. The van der Waals surface area contributed by atoms with Crippen LogP contribution < -0.4 is 14.8 Å². The average Bonchev–Trinajstić information content (AvgIpc) is 2.99. The minimum atomic E-state index is -0.705. The van der Waals surface area contributed by atoms with Gasteiger partial charge in [-0.05, 0) is 12.1 Å². The first-order chi connectivity index (χ1) is 10.8. The molecule has 2 heterocycles. The lowest BCUT2D eigenvalue weighted by Crippen LogP contribution is -2.40. The summed E-state index contributed by atoms with van der Waals surface area (Å²) in [5.74, 6) is 1.66. The van der Waals surface area contributed by atoms with Crippen molar-refractivity contribution in [2.24, 2.45) is 0 Å². The third-order valence-electron chi connectivity index (χ3n) is 2.76. The maximum Gasteiger partial charge on any atom is 0.270 e. The van der Waals surface area contributed by atoms with E-state index in [1.54, 1.807) is 18.2 Å². The number of nitrogens with one attached hydrogen (secondary N) is 1. The predicted molar refractivity (Wildman–Crippen MR) is 85.8 cm³/mol. The highest BCUT2D eigenvalue weighted by molar-refractivity contribution is 8.01. The molecule has 22 heavy (non-hydrogen) atoms. The minimum absolute atomic E-state index is 0.166. The van der Waals surface area contributed by atoms with Gasteiger partial charge in [0.2, 0.25) is 11.2 Å². The van der Waals surface area contributed by atoms with Gasteiger partial charge in [0.05, 0.1) is 0 Å². The Hall–Kier alpha value is -2.06. The highest BCUT2D eigenvalue weighted by atomic mass is 32.2. The normalized spacial score (nSPS) is 16.1. The molecule has 1 aromatic heterocycles. The summed E-state index contributed by atoms with van der Waals surface area (Å²) in [5.41, 5.74) is 0. The highest BCUT2D eigenvalue weighted by Gasteiger charge is 2.28. The van der Waals surface area contributed by atoms with Gasteiger partial charge in [0, 0.05) is 5.75 Å². The van der Waals surface area contributed by atoms with Gasteiger partial charge in [0.15, 0.2) is 15.8 Å². The van der Waals surface area contributed by atoms with E-state index in [0.717, 1.165) is 10.1 Å². The zero-order valence-electron chi connectivity index (χ0n) is 11.5. The Morgan fingerprint density at radius 2 is 2.27 bits per heavy atom. The van der Waals surface area contributed by atoms with E-state index in [9.17, 15) is 4.79 Å². The summed E-state index contributed by atoms with van der Waals surface area (Å²) < 4.78 is 11.9. The highest BCUT2D eigenvalue weighted by Crippen LogP contribution is 2.31. The molecule has 6 nitrogen and oxygen atoms in total. The Labute approximate surface area is 135 Å². The number of benzene rings is 1. The van der Waals surface area contributed by atoms with Crippen LogP contribution in [0.15, 0.2) is 41.3 Å². The molecule has 1 aromatic carbocycles. The first-order valence-corrected chi connectivity index (χ1v) is 8.33. The van der Waals surface area contributed by atoms with Crippen molar-refractivity contribution in [3.8, 4) is 11.5 Å². The van der Waals surface area contributed by atoms with Gasteiger partial charge < -0.3 is 9.47 Å². The van der Waals surface area contributed by atoms with Gasteiger partial charge in [-0.15, -0.1) is 16.8 Å². The van der Waals surface area contributed by atoms with E-state index in [0.29, 0.717) is 16.6 Å². The summed E-state index contributed by atoms with van der Waals surface area (Å²) in [6, 6.07) is 7.25. The van der Waals surface area contributed by atoms with Crippen molar-refractivity contribution < 1.29 is 14.3 Å². The number of thioether (sulfide) groups is 1. The maximum atomic E-state index is 12.2. The van der Waals surface area contributed by atoms with Crippen LogP contribution in [0.2, 0.25) is 0 Å². The largest absolute Gasteiger partial charge is 0.485 e. The van der Waals surface area contributed by atoms with E-state index >= 15 is 0 Å². The minimum Gasteiger partial charge on any atom is -0.485 e. The van der Waals surface area contributed by atoms with Gasteiger partial charge >= 0.3 is 0 Å². The third-order valence-corrected chi connectivity index (χ3v) is 4.73. The Kier molecular flexibility index (Phi) is 4.59. The zero-order valence-corrected chi connectivity index (χ0v) is 13.2. The Bertz CT molecular complexity index is 689. The number of amides is 1. The third kappa shape index (κ3) is 3.40. The van der Waals surface area contributed by atoms with Crippen LogP contribution in [0.1, 0.15) is 0 Å². The van der Waals surface area contributed by atoms with E-state index in [4.69, 9.17) is 9.47 Å². The molecule has 3 rings (SSSR count). The first-order valence-electron chi connectivity index (χ1n) is 6.53. The summed E-state index contributed by atoms with van der Waals surface area (Å²) in [4.78, 5) is 12.2. The second-order valence-corrected chi connectivity index (χ2v) is 6.57. The van der Waals surface area contributed by atoms with Crippen molar-refractivity contribution in [2.75, 3.05) is 17.7 Å². The Morgan fingerprint density at radius 1 is 1.45 bits per heavy atom. The summed E-state index contributed by atoms with van der Waals surface area (Å²) in [6.07, 6.45) is 1.08. The van der Waals surface area contributed by atoms with Crippen LogP contribution in [0.4, 0.5) is 5.13 Å². The SMILES string of the molecule is C=CCSc1nnc(NC(=O)C2COc3ccccc3O2)s1. The fourth-order valence-electron chi connectivity index (χ4n) is 1.78. The van der Waals surface area contributed by atoms with Gasteiger partial charge in [-0.25, -0.2) is 0 Å². The number of hydrogen-bond donors (Lipinski definition) is 1. The molecule has 0 spiro atoms. The molecule has 1 amide bonds. The number of rotatable bonds is 5. The van der Waals surface area contributed by atoms with Gasteiger partial charge in [-0.3, -0.25) is 10.1 Å². The molecular formula is C14H13N3O3S2. The zero-order chi connectivity index (χ0) is 15.4. The van der Waals surface area contributed by atoms with Gasteiger partial charge in [-0.2, -0.15) is 0 Å². The Morgan fingerprint density at radius 3 is 3.09 bits per heavy atom. The number of anilines is 1. The molecule has 0 aliphatic carbocycles. The molecule has 0 radical (unpaired) electrons. The van der Waals surface area contributed by atoms with Crippen LogP contribution in [-0.2, 0) is 4.79 Å². The number of fused-ring (bicyclic) bond motifs is 1. The average molecular weight is 335 g/mol. The van der Waals surface area contributed by atoms with E-state index in [1.807, 2.05) is 12.1 Å². The number of hydrogen-bond acceptors (Lipinski definition) is 7. The molecule has 2 aromatic rings. The van der Waals surface area contributed by atoms with Crippen molar-refractivity contribution in [1.82, 2.24) is 10.2 Å². The van der Waals surface area contributed by atoms with Crippen molar-refractivity contribution in [3.05, 3.63) is 36.9 Å². The maximum absolute atomic E-state index is 12.2. The van der Waals surface area contributed by atoms with Gasteiger partial charge in [-0.1, -0.05) is 41.3 Å². The summed E-state index contributed by atoms with van der Waals surface area (Å²) >= 11 is 2.83. The van der Waals surface area contributed by atoms with Crippen molar-refractivity contribution in [1.29, 1.82) is 0 Å². The van der Waals surface area contributed by atoms with Crippen molar-refractivity contribution in [3.63, 3.8) is 0 Å². The molecule has 0 saturated heterocycles. The Balaban J connectivity index is 1.61. The number of aromatic nitrogens is 2. The number of para-hydroxylation sites is 2. The second kappa shape index (κ2) is 6.80. The number of nitrogens with zero attached hydrogens (tertiary/aromatic N) is 2. The smallest absolute Gasteiger partial charge is 0.270 e. The van der Waals surface area contributed by atoms with Gasteiger partial charge in [0.25, 0.3) is 5.91 Å². The molecular weight excluding hydrogens is 322 g/mol. The van der Waals surface area contributed by atoms with Gasteiger partial charge in [0.1, 0.15) is 6.61 Å². The van der Waals surface area contributed by atoms with Crippen LogP contribution in [-0.4, -0.2) is 34.6 Å². The lowest BCUT2D eigenvalue weighted by molar-refractivity contribution is -0.125. The molecule has 1 N–H and O–H groups in total. The monoisotopic (exact) mass is 335 g/mol. The van der Waals surface area contributed by atoms with Crippen LogP contribution in [0.25, 0.3) is 0 Å². The fourth-order valence-corrected chi connectivity index (χ4v) is 3.30. The summed E-state index contributed by atoms with van der Waals surface area (Å²) in [6.45, 7) is 3.81. The standard InChI is InChI=1S/C14H13N3O3S2/c1-2-7-21-14-17-16-13(22-14)15-12(18)11-8-19-9-5-3-4-6-10(9)20-11/h2-6,11H,1,7-8H2,(H,15,16,18). The molecule has 114 valence electrons. The summed E-state index contributed by atoms with van der Waals surface area (Å²) in [7, 11) is 0. The molecule has 0 saturated carbocycles. The predicted octanol–water partition coefficient (Wildman–Crippen LogP) is 2.59. The van der Waals surface area contributed by atoms with E-state index in [-0.39, 0.29) is 12.5 Å². The van der Waals surface area contributed by atoms with Crippen LogP contribution in [0, 0.1) is 0 Å². The van der Waals surface area contributed by atoms with Crippen LogP contribution in [0.3, 0.4) is 0 Å². The van der Waals surface area contributed by atoms with Crippen LogP contribution >= 0.6 is 23.1 Å².